The van der Waals surface area contributed by atoms with Gasteiger partial charge in [0.05, 0.1) is 25.2 Å². The Morgan fingerprint density at radius 3 is 2.27 bits per heavy atom. The average Bonchev–Trinajstić information content (AvgIpc) is 2.62. The first-order valence-corrected chi connectivity index (χ1v) is 9.35. The van der Waals surface area contributed by atoms with Gasteiger partial charge < -0.3 is 15.2 Å². The highest BCUT2D eigenvalue weighted by Crippen LogP contribution is 2.18. The largest absolute Gasteiger partial charge is 0.497 e. The van der Waals surface area contributed by atoms with Crippen molar-refractivity contribution in [3.63, 3.8) is 0 Å². The summed E-state index contributed by atoms with van der Waals surface area (Å²) in [5, 5.41) is 0. The minimum Gasteiger partial charge on any atom is -0.497 e. The molecule has 2 rings (SSSR count). The maximum absolute atomic E-state index is 12.6. The molecule has 1 amide bonds. The van der Waals surface area contributed by atoms with Gasteiger partial charge in [0.25, 0.3) is 0 Å². The fourth-order valence-corrected chi connectivity index (χ4v) is 3.57. The van der Waals surface area contributed by atoms with Gasteiger partial charge in [-0.15, -0.1) is 0 Å². The van der Waals surface area contributed by atoms with Crippen molar-refractivity contribution < 1.29 is 22.7 Å². The summed E-state index contributed by atoms with van der Waals surface area (Å²) in [5.41, 5.74) is 4.73. The number of nitrogens with two attached hydrogens (primary N) is 1. The Labute approximate surface area is 153 Å². The van der Waals surface area contributed by atoms with Gasteiger partial charge in [-0.1, -0.05) is 30.3 Å². The maximum Gasteiger partial charge on any atom is 0.241 e. The predicted molar refractivity (Wildman–Crippen MR) is 97.0 cm³/mol. The molecular weight excluding hydrogens is 356 g/mol. The van der Waals surface area contributed by atoms with Gasteiger partial charge in [-0.2, -0.15) is 4.72 Å². The SMILES string of the molecule is COc1ccc(S(=O)(=O)NC(C)(COCc2ccccc2)C(N)=O)cc1. The Hall–Kier alpha value is -2.42. The summed E-state index contributed by atoms with van der Waals surface area (Å²) in [7, 11) is -2.49. The zero-order valence-electron chi connectivity index (χ0n) is 14.6. The van der Waals surface area contributed by atoms with Crippen molar-refractivity contribution in [2.75, 3.05) is 13.7 Å². The highest BCUT2D eigenvalue weighted by Gasteiger charge is 2.36. The lowest BCUT2D eigenvalue weighted by Crippen LogP contribution is -2.58. The van der Waals surface area contributed by atoms with E-state index in [1.807, 2.05) is 30.3 Å². The fraction of sp³-hybridized carbons (Fsp3) is 0.278. The molecule has 0 aliphatic carbocycles. The van der Waals surface area contributed by atoms with Crippen LogP contribution in [0, 0.1) is 0 Å². The zero-order chi connectivity index (χ0) is 19.2. The molecule has 3 N–H and O–H groups in total. The molecule has 140 valence electrons. The summed E-state index contributed by atoms with van der Waals surface area (Å²) in [6, 6.07) is 15.1. The van der Waals surface area contributed by atoms with Crippen molar-refractivity contribution in [1.29, 1.82) is 0 Å². The zero-order valence-corrected chi connectivity index (χ0v) is 15.5. The first-order chi connectivity index (χ1) is 12.3. The van der Waals surface area contributed by atoms with Crippen LogP contribution in [-0.2, 0) is 26.2 Å². The second-order valence-corrected chi connectivity index (χ2v) is 7.64. The highest BCUT2D eigenvalue weighted by atomic mass is 32.2. The topological polar surface area (TPSA) is 108 Å². The highest BCUT2D eigenvalue weighted by molar-refractivity contribution is 7.89. The number of ether oxygens (including phenoxy) is 2. The third-order valence-corrected chi connectivity index (χ3v) is 5.39. The van der Waals surface area contributed by atoms with Crippen LogP contribution in [0.4, 0.5) is 0 Å². The number of hydrogen-bond acceptors (Lipinski definition) is 5. The number of amides is 1. The van der Waals surface area contributed by atoms with E-state index in [-0.39, 0.29) is 18.1 Å². The summed E-state index contributed by atoms with van der Waals surface area (Å²) >= 11 is 0. The Balaban J connectivity index is 2.10. The number of hydrogen-bond donors (Lipinski definition) is 2. The summed E-state index contributed by atoms with van der Waals surface area (Å²) in [6.45, 7) is 1.42. The van der Waals surface area contributed by atoms with Gasteiger partial charge in [0.15, 0.2) is 0 Å². The molecule has 8 heteroatoms. The fourth-order valence-electron chi connectivity index (χ4n) is 2.21. The molecule has 2 aromatic rings. The minimum atomic E-state index is -3.97. The molecule has 1 unspecified atom stereocenters. The van der Waals surface area contributed by atoms with Crippen LogP contribution in [0.2, 0.25) is 0 Å². The molecule has 0 aliphatic rings. The van der Waals surface area contributed by atoms with Gasteiger partial charge in [0, 0.05) is 0 Å². The minimum absolute atomic E-state index is 0.00571. The van der Waals surface area contributed by atoms with Gasteiger partial charge in [-0.3, -0.25) is 4.79 Å². The number of carbonyl (C=O) groups excluding carboxylic acids is 1. The molecule has 0 fully saturated rings. The molecule has 0 spiro atoms. The molecule has 7 nitrogen and oxygen atoms in total. The molecule has 0 bridgehead atoms. The van der Waals surface area contributed by atoms with E-state index in [1.165, 1.54) is 38.3 Å². The number of rotatable bonds is 9. The van der Waals surface area contributed by atoms with Crippen molar-refractivity contribution >= 4 is 15.9 Å². The summed E-state index contributed by atoms with van der Waals surface area (Å²) < 4.78 is 38.0. The molecule has 0 saturated heterocycles. The van der Waals surface area contributed by atoms with E-state index in [2.05, 4.69) is 4.72 Å². The van der Waals surface area contributed by atoms with E-state index < -0.39 is 21.5 Å². The Bertz CT molecular complexity index is 838. The monoisotopic (exact) mass is 378 g/mol. The lowest BCUT2D eigenvalue weighted by Gasteiger charge is -2.27. The van der Waals surface area contributed by atoms with Gasteiger partial charge in [0.2, 0.25) is 15.9 Å². The van der Waals surface area contributed by atoms with Gasteiger partial charge in [-0.25, -0.2) is 8.42 Å². The Morgan fingerprint density at radius 2 is 1.73 bits per heavy atom. The van der Waals surface area contributed by atoms with Crippen LogP contribution in [0.3, 0.4) is 0 Å². The van der Waals surface area contributed by atoms with Crippen LogP contribution < -0.4 is 15.2 Å². The number of carbonyl (C=O) groups is 1. The number of sulfonamides is 1. The van der Waals surface area contributed by atoms with E-state index >= 15 is 0 Å². The van der Waals surface area contributed by atoms with Crippen LogP contribution in [-0.4, -0.2) is 33.6 Å². The molecular formula is C18H22N2O5S. The molecule has 0 aromatic heterocycles. The van der Waals surface area contributed by atoms with Crippen molar-refractivity contribution in [3.8, 4) is 5.75 Å². The van der Waals surface area contributed by atoms with Crippen LogP contribution in [0.15, 0.2) is 59.5 Å². The van der Waals surface area contributed by atoms with Crippen LogP contribution in [0.5, 0.6) is 5.75 Å². The Morgan fingerprint density at radius 1 is 1.12 bits per heavy atom. The molecule has 1 atom stereocenters. The second kappa shape index (κ2) is 8.31. The summed E-state index contributed by atoms with van der Waals surface area (Å²) in [5.74, 6) is -0.310. The average molecular weight is 378 g/mol. The third kappa shape index (κ3) is 5.04. The van der Waals surface area contributed by atoms with Crippen molar-refractivity contribution in [2.45, 2.75) is 24.0 Å². The number of methoxy groups -OCH3 is 1. The third-order valence-electron chi connectivity index (χ3n) is 3.78. The molecule has 0 saturated carbocycles. The summed E-state index contributed by atoms with van der Waals surface area (Å²) in [4.78, 5) is 11.9. The van der Waals surface area contributed by atoms with Crippen molar-refractivity contribution in [3.05, 3.63) is 60.2 Å². The van der Waals surface area contributed by atoms with E-state index in [4.69, 9.17) is 15.2 Å². The normalized spacial score (nSPS) is 13.8. The first-order valence-electron chi connectivity index (χ1n) is 7.86. The van der Waals surface area contributed by atoms with Crippen LogP contribution in [0.1, 0.15) is 12.5 Å². The molecule has 0 heterocycles. The van der Waals surface area contributed by atoms with Gasteiger partial charge in [0.1, 0.15) is 11.3 Å². The van der Waals surface area contributed by atoms with E-state index in [9.17, 15) is 13.2 Å². The number of primary amides is 1. The van der Waals surface area contributed by atoms with Gasteiger partial charge >= 0.3 is 0 Å². The smallest absolute Gasteiger partial charge is 0.241 e. The predicted octanol–water partition coefficient (Wildman–Crippen LogP) is 1.43. The number of benzene rings is 2. The quantitative estimate of drug-likeness (QED) is 0.686. The molecule has 2 aromatic carbocycles. The standard InChI is InChI=1S/C18H22N2O5S/c1-18(17(19)21,13-25-12-14-6-4-3-5-7-14)20-26(22,23)16-10-8-15(24-2)9-11-16/h3-11,20H,12-13H2,1-2H3,(H2,19,21). The van der Waals surface area contributed by atoms with E-state index in [1.54, 1.807) is 0 Å². The maximum atomic E-state index is 12.6. The van der Waals surface area contributed by atoms with Crippen LogP contribution in [0.25, 0.3) is 0 Å². The first kappa shape index (κ1) is 19.9. The summed E-state index contributed by atoms with van der Waals surface area (Å²) in [6.07, 6.45) is 0. The molecule has 26 heavy (non-hydrogen) atoms. The Kier molecular flexibility index (Phi) is 6.36. The second-order valence-electron chi connectivity index (χ2n) is 5.96. The molecule has 0 radical (unpaired) electrons. The lowest BCUT2D eigenvalue weighted by molar-refractivity contribution is -0.125. The van der Waals surface area contributed by atoms with E-state index in [0.717, 1.165) is 5.56 Å². The van der Waals surface area contributed by atoms with Crippen molar-refractivity contribution in [1.82, 2.24) is 4.72 Å². The lowest BCUT2D eigenvalue weighted by atomic mass is 10.1. The van der Waals surface area contributed by atoms with Crippen molar-refractivity contribution in [2.24, 2.45) is 5.73 Å². The van der Waals surface area contributed by atoms with E-state index in [0.29, 0.717) is 5.75 Å². The van der Waals surface area contributed by atoms with Gasteiger partial charge in [-0.05, 0) is 36.8 Å². The number of nitrogens with one attached hydrogen (secondary N) is 1. The van der Waals surface area contributed by atoms with Crippen LogP contribution >= 0.6 is 0 Å². The molecule has 0 aliphatic heterocycles.